The number of carboxylic acid groups (broad SMARTS) is 1. The van der Waals surface area contributed by atoms with Crippen molar-refractivity contribution in [3.05, 3.63) is 41.0 Å². The van der Waals surface area contributed by atoms with Crippen LogP contribution in [0.2, 0.25) is 5.02 Å². The number of rotatable bonds is 4. The molecule has 120 valence electrons. The van der Waals surface area contributed by atoms with Crippen molar-refractivity contribution in [3.8, 4) is 11.3 Å². The molecule has 1 fully saturated rings. The van der Waals surface area contributed by atoms with Gasteiger partial charge in [0.1, 0.15) is 0 Å². The first-order valence-electron chi connectivity index (χ1n) is 7.30. The van der Waals surface area contributed by atoms with E-state index in [1.807, 2.05) is 6.07 Å². The highest BCUT2D eigenvalue weighted by atomic mass is 35.5. The minimum Gasteiger partial charge on any atom is -0.481 e. The van der Waals surface area contributed by atoms with Gasteiger partial charge in [0.05, 0.1) is 10.9 Å². The molecule has 0 radical (unpaired) electrons. The van der Waals surface area contributed by atoms with E-state index in [0.29, 0.717) is 35.6 Å². The SMILES string of the molecule is O=C(N[C@@H]1CC[C@H](C(=O)O)C1)c1cc(-c2ccccc2Cl)on1. The summed E-state index contributed by atoms with van der Waals surface area (Å²) in [4.78, 5) is 23.1. The molecule has 1 aliphatic rings. The van der Waals surface area contributed by atoms with E-state index >= 15 is 0 Å². The van der Waals surface area contributed by atoms with Crippen LogP contribution in [0.4, 0.5) is 0 Å². The van der Waals surface area contributed by atoms with Crippen LogP contribution in [0, 0.1) is 5.92 Å². The molecule has 2 N–H and O–H groups in total. The lowest BCUT2D eigenvalue weighted by atomic mass is 10.1. The molecule has 1 saturated carbocycles. The molecule has 1 heterocycles. The van der Waals surface area contributed by atoms with Crippen LogP contribution in [0.15, 0.2) is 34.9 Å². The first kappa shape index (κ1) is 15.6. The van der Waals surface area contributed by atoms with E-state index in [2.05, 4.69) is 10.5 Å². The fourth-order valence-corrected chi connectivity index (χ4v) is 3.00. The molecule has 2 aromatic rings. The van der Waals surface area contributed by atoms with Crippen LogP contribution in [-0.4, -0.2) is 28.2 Å². The molecular weight excluding hydrogens is 320 g/mol. The topological polar surface area (TPSA) is 92.4 Å². The van der Waals surface area contributed by atoms with Crippen LogP contribution in [-0.2, 0) is 4.79 Å². The molecule has 1 amide bonds. The van der Waals surface area contributed by atoms with Crippen molar-refractivity contribution in [1.29, 1.82) is 0 Å². The largest absolute Gasteiger partial charge is 0.481 e. The zero-order chi connectivity index (χ0) is 16.4. The summed E-state index contributed by atoms with van der Waals surface area (Å²) < 4.78 is 5.19. The van der Waals surface area contributed by atoms with Crippen molar-refractivity contribution in [2.45, 2.75) is 25.3 Å². The number of hydrogen-bond acceptors (Lipinski definition) is 4. The van der Waals surface area contributed by atoms with Crippen LogP contribution < -0.4 is 5.32 Å². The molecule has 23 heavy (non-hydrogen) atoms. The molecule has 7 heteroatoms. The molecule has 0 saturated heterocycles. The monoisotopic (exact) mass is 334 g/mol. The summed E-state index contributed by atoms with van der Waals surface area (Å²) in [5, 5.41) is 16.1. The van der Waals surface area contributed by atoms with Crippen LogP contribution in [0.3, 0.4) is 0 Å². The van der Waals surface area contributed by atoms with Crippen molar-refractivity contribution < 1.29 is 19.2 Å². The fraction of sp³-hybridized carbons (Fsp3) is 0.312. The predicted octanol–water partition coefficient (Wildman–Crippen LogP) is 2.98. The maximum Gasteiger partial charge on any atom is 0.306 e. The normalized spacial score (nSPS) is 20.4. The van der Waals surface area contributed by atoms with E-state index in [-0.39, 0.29) is 17.6 Å². The van der Waals surface area contributed by atoms with E-state index in [4.69, 9.17) is 21.2 Å². The van der Waals surface area contributed by atoms with Crippen molar-refractivity contribution in [1.82, 2.24) is 10.5 Å². The summed E-state index contributed by atoms with van der Waals surface area (Å²) in [6.07, 6.45) is 1.66. The molecule has 0 bridgehead atoms. The Labute approximate surface area is 137 Å². The zero-order valence-corrected chi connectivity index (χ0v) is 12.9. The number of carbonyl (C=O) groups excluding carboxylic acids is 1. The summed E-state index contributed by atoms with van der Waals surface area (Å²) in [6.45, 7) is 0. The van der Waals surface area contributed by atoms with Crippen LogP contribution >= 0.6 is 11.6 Å². The number of benzene rings is 1. The molecule has 1 aliphatic carbocycles. The number of hydrogen-bond donors (Lipinski definition) is 2. The number of halogens is 1. The third-order valence-electron chi connectivity index (χ3n) is 4.00. The molecule has 1 aromatic heterocycles. The minimum absolute atomic E-state index is 0.149. The molecule has 0 unspecified atom stereocenters. The summed E-state index contributed by atoms with van der Waals surface area (Å²) >= 11 is 6.09. The van der Waals surface area contributed by atoms with Gasteiger partial charge in [-0.05, 0) is 31.4 Å². The Morgan fingerprint density at radius 2 is 2.09 bits per heavy atom. The van der Waals surface area contributed by atoms with Crippen molar-refractivity contribution in [2.24, 2.45) is 5.92 Å². The third-order valence-corrected chi connectivity index (χ3v) is 4.33. The first-order valence-corrected chi connectivity index (χ1v) is 7.67. The second-order valence-corrected chi connectivity index (χ2v) is 5.98. The second kappa shape index (κ2) is 6.42. The first-order chi connectivity index (χ1) is 11.0. The molecular formula is C16H15ClN2O4. The summed E-state index contributed by atoms with van der Waals surface area (Å²) in [5.74, 6) is -1.17. The Bertz CT molecular complexity index is 743. The molecule has 2 atom stereocenters. The summed E-state index contributed by atoms with van der Waals surface area (Å²) in [6, 6.07) is 8.50. The lowest BCUT2D eigenvalue weighted by Crippen LogP contribution is -2.33. The minimum atomic E-state index is -0.816. The Morgan fingerprint density at radius 3 is 2.78 bits per heavy atom. The van der Waals surface area contributed by atoms with Crippen LogP contribution in [0.25, 0.3) is 11.3 Å². The number of amides is 1. The molecule has 1 aromatic carbocycles. The molecule has 0 aliphatic heterocycles. The molecule has 3 rings (SSSR count). The van der Waals surface area contributed by atoms with Gasteiger partial charge in [-0.2, -0.15) is 0 Å². The molecule has 0 spiro atoms. The van der Waals surface area contributed by atoms with E-state index in [9.17, 15) is 9.59 Å². The maximum absolute atomic E-state index is 12.2. The number of nitrogens with zero attached hydrogens (tertiary/aromatic N) is 1. The Kier molecular flexibility index (Phi) is 4.34. The van der Waals surface area contributed by atoms with Gasteiger partial charge in [0.2, 0.25) is 0 Å². The van der Waals surface area contributed by atoms with Gasteiger partial charge < -0.3 is 14.9 Å². The number of aromatic nitrogens is 1. The van der Waals surface area contributed by atoms with E-state index < -0.39 is 11.9 Å². The van der Waals surface area contributed by atoms with E-state index in [1.54, 1.807) is 18.2 Å². The average molecular weight is 335 g/mol. The van der Waals surface area contributed by atoms with Gasteiger partial charge in [0, 0.05) is 17.7 Å². The van der Waals surface area contributed by atoms with Gasteiger partial charge in [-0.3, -0.25) is 9.59 Å². The zero-order valence-electron chi connectivity index (χ0n) is 12.2. The predicted molar refractivity (Wildman–Crippen MR) is 83.2 cm³/mol. The smallest absolute Gasteiger partial charge is 0.306 e. The molecule has 6 nitrogen and oxygen atoms in total. The Hall–Kier alpha value is -2.34. The van der Waals surface area contributed by atoms with Gasteiger partial charge in [-0.15, -0.1) is 0 Å². The highest BCUT2D eigenvalue weighted by molar-refractivity contribution is 6.33. The Morgan fingerprint density at radius 1 is 1.30 bits per heavy atom. The lowest BCUT2D eigenvalue weighted by Gasteiger charge is -2.10. The standard InChI is InChI=1S/C16H15ClN2O4/c17-12-4-2-1-3-11(12)14-8-13(19-23-14)15(20)18-10-6-5-9(7-10)16(21)22/h1-4,8-10H,5-7H2,(H,18,20)(H,21,22)/t9-,10+/m0/s1. The number of nitrogens with one attached hydrogen (secondary N) is 1. The van der Waals surface area contributed by atoms with Crippen LogP contribution in [0.5, 0.6) is 0 Å². The van der Waals surface area contributed by atoms with Crippen molar-refractivity contribution in [2.75, 3.05) is 0 Å². The number of carbonyl (C=O) groups is 2. The van der Waals surface area contributed by atoms with Crippen molar-refractivity contribution in [3.63, 3.8) is 0 Å². The van der Waals surface area contributed by atoms with Gasteiger partial charge in [0.25, 0.3) is 5.91 Å². The second-order valence-electron chi connectivity index (χ2n) is 5.57. The van der Waals surface area contributed by atoms with E-state index in [1.165, 1.54) is 6.07 Å². The van der Waals surface area contributed by atoms with E-state index in [0.717, 1.165) is 0 Å². The quantitative estimate of drug-likeness (QED) is 0.896. The van der Waals surface area contributed by atoms with Gasteiger partial charge in [0.15, 0.2) is 11.5 Å². The fourth-order valence-electron chi connectivity index (χ4n) is 2.77. The highest BCUT2D eigenvalue weighted by Gasteiger charge is 2.31. The Balaban J connectivity index is 1.68. The van der Waals surface area contributed by atoms with Gasteiger partial charge in [-0.1, -0.05) is 28.9 Å². The number of carboxylic acids is 1. The average Bonchev–Trinajstić information content (AvgIpc) is 3.16. The van der Waals surface area contributed by atoms with Crippen LogP contribution in [0.1, 0.15) is 29.8 Å². The summed E-state index contributed by atoms with van der Waals surface area (Å²) in [5.41, 5.74) is 0.811. The van der Waals surface area contributed by atoms with Gasteiger partial charge in [-0.25, -0.2) is 0 Å². The van der Waals surface area contributed by atoms with Crippen molar-refractivity contribution >= 4 is 23.5 Å². The number of aliphatic carboxylic acids is 1. The summed E-state index contributed by atoms with van der Waals surface area (Å²) in [7, 11) is 0. The lowest BCUT2D eigenvalue weighted by molar-refractivity contribution is -0.141. The maximum atomic E-state index is 12.2. The highest BCUT2D eigenvalue weighted by Crippen LogP contribution is 2.29. The van der Waals surface area contributed by atoms with Gasteiger partial charge >= 0.3 is 5.97 Å². The third kappa shape index (κ3) is 3.37.